The molecule has 4 rings (SSSR count). The number of hydrogen-bond donors (Lipinski definition) is 2. The third kappa shape index (κ3) is 5.61. The van der Waals surface area contributed by atoms with Crippen molar-refractivity contribution in [3.8, 4) is 11.5 Å². The highest BCUT2D eigenvalue weighted by Gasteiger charge is 2.49. The molecule has 3 aromatic rings. The molecular weight excluding hydrogens is 515 g/mol. The number of anilines is 1. The average molecular weight is 550 g/mol. The van der Waals surface area contributed by atoms with Crippen LogP contribution in [0.4, 0.5) is 19.0 Å². The summed E-state index contributed by atoms with van der Waals surface area (Å²) >= 11 is 0. The van der Waals surface area contributed by atoms with Crippen LogP contribution < -0.4 is 14.8 Å². The van der Waals surface area contributed by atoms with Crippen LogP contribution in [0.2, 0.25) is 0 Å². The van der Waals surface area contributed by atoms with E-state index in [9.17, 15) is 13.9 Å². The summed E-state index contributed by atoms with van der Waals surface area (Å²) in [5, 5.41) is 13.7. The van der Waals surface area contributed by atoms with E-state index < -0.39 is 28.9 Å². The minimum absolute atomic E-state index is 0.00248. The number of nitrogens with zero attached hydrogens (tertiary/aromatic N) is 2. The Labute approximate surface area is 225 Å². The van der Waals surface area contributed by atoms with Crippen LogP contribution >= 0.6 is 0 Å². The van der Waals surface area contributed by atoms with Crippen LogP contribution in [-0.2, 0) is 15.4 Å². The summed E-state index contributed by atoms with van der Waals surface area (Å²) in [6.07, 6.45) is 0. The maximum absolute atomic E-state index is 15.4. The molecule has 1 saturated heterocycles. The van der Waals surface area contributed by atoms with Crippen molar-refractivity contribution in [1.29, 1.82) is 0 Å². The molecule has 0 saturated carbocycles. The number of hydrogen-bond acceptors (Lipinski definition) is 8. The van der Waals surface area contributed by atoms with Gasteiger partial charge in [-0.05, 0) is 39.8 Å². The topological polar surface area (TPSA) is 95.0 Å². The smallest absolute Gasteiger partial charge is 0.303 e. The highest BCUT2D eigenvalue weighted by Crippen LogP contribution is 2.42. The van der Waals surface area contributed by atoms with Gasteiger partial charge in [-0.25, -0.2) is 14.4 Å². The molecule has 0 aliphatic carbocycles. The molecule has 1 aliphatic heterocycles. The van der Waals surface area contributed by atoms with E-state index in [0.29, 0.717) is 60.5 Å². The Hall–Kier alpha value is -3.15. The van der Waals surface area contributed by atoms with Gasteiger partial charge in [0, 0.05) is 24.1 Å². The van der Waals surface area contributed by atoms with Crippen molar-refractivity contribution >= 4 is 16.7 Å². The SMILES string of the molecule is COCC1(COc2cc3c(N[C@H](C)c4cccc(C(F)(F)C(C)(C)O)c4F)nc(C)nc3cc2OC)COC1. The van der Waals surface area contributed by atoms with Gasteiger partial charge in [0.05, 0.1) is 49.5 Å². The number of aryl methyl sites for hydroxylation is 1. The number of ether oxygens (including phenoxy) is 4. The Morgan fingerprint density at radius 1 is 1.13 bits per heavy atom. The predicted octanol–water partition coefficient (Wildman–Crippen LogP) is 5.16. The van der Waals surface area contributed by atoms with Crippen molar-refractivity contribution in [1.82, 2.24) is 9.97 Å². The number of methoxy groups -OCH3 is 2. The number of rotatable bonds is 11. The molecule has 11 heteroatoms. The molecule has 2 N–H and O–H groups in total. The van der Waals surface area contributed by atoms with E-state index in [1.807, 2.05) is 0 Å². The van der Waals surface area contributed by atoms with Gasteiger partial charge in [0.25, 0.3) is 0 Å². The van der Waals surface area contributed by atoms with Crippen molar-refractivity contribution in [3.05, 3.63) is 53.1 Å². The lowest BCUT2D eigenvalue weighted by Gasteiger charge is -2.40. The Morgan fingerprint density at radius 3 is 2.44 bits per heavy atom. The zero-order chi connectivity index (χ0) is 28.6. The van der Waals surface area contributed by atoms with E-state index in [2.05, 4.69) is 15.3 Å². The van der Waals surface area contributed by atoms with Gasteiger partial charge in [-0.1, -0.05) is 12.1 Å². The molecule has 1 aliphatic rings. The van der Waals surface area contributed by atoms with Crippen LogP contribution in [0.3, 0.4) is 0 Å². The van der Waals surface area contributed by atoms with E-state index in [1.165, 1.54) is 19.2 Å². The molecule has 0 amide bonds. The molecular formula is C28H34F3N3O5. The maximum atomic E-state index is 15.4. The van der Waals surface area contributed by atoms with E-state index in [0.717, 1.165) is 19.9 Å². The summed E-state index contributed by atoms with van der Waals surface area (Å²) in [5.41, 5.74) is -3.04. The van der Waals surface area contributed by atoms with Crippen LogP contribution in [0.1, 0.15) is 43.8 Å². The lowest BCUT2D eigenvalue weighted by molar-refractivity contribution is -0.170. The van der Waals surface area contributed by atoms with Crippen LogP contribution in [0.15, 0.2) is 30.3 Å². The van der Waals surface area contributed by atoms with Gasteiger partial charge >= 0.3 is 5.92 Å². The lowest BCUT2D eigenvalue weighted by Crippen LogP contribution is -2.50. The molecule has 0 bridgehead atoms. The number of halogens is 3. The number of benzene rings is 2. The Bertz CT molecular complexity index is 1340. The molecule has 1 atom stereocenters. The van der Waals surface area contributed by atoms with Crippen molar-refractivity contribution in [2.45, 2.75) is 45.3 Å². The van der Waals surface area contributed by atoms with E-state index >= 15 is 4.39 Å². The summed E-state index contributed by atoms with van der Waals surface area (Å²) in [5.74, 6) is -3.17. The largest absolute Gasteiger partial charge is 0.493 e. The van der Waals surface area contributed by atoms with Crippen molar-refractivity contribution in [2.75, 3.05) is 46.0 Å². The van der Waals surface area contributed by atoms with Gasteiger partial charge in [0.15, 0.2) is 11.5 Å². The Morgan fingerprint density at radius 2 is 1.85 bits per heavy atom. The summed E-state index contributed by atoms with van der Waals surface area (Å²) in [7, 11) is 3.15. The Kier molecular flexibility index (Phi) is 7.98. The number of alkyl halides is 2. The van der Waals surface area contributed by atoms with Gasteiger partial charge < -0.3 is 29.4 Å². The fourth-order valence-electron chi connectivity index (χ4n) is 4.51. The van der Waals surface area contributed by atoms with Crippen LogP contribution in [-0.4, -0.2) is 61.3 Å². The molecule has 8 nitrogen and oxygen atoms in total. The monoisotopic (exact) mass is 549 g/mol. The van der Waals surface area contributed by atoms with Crippen LogP contribution in [0.5, 0.6) is 11.5 Å². The van der Waals surface area contributed by atoms with Gasteiger partial charge in [-0.3, -0.25) is 0 Å². The van der Waals surface area contributed by atoms with E-state index in [1.54, 1.807) is 33.1 Å². The minimum Gasteiger partial charge on any atom is -0.493 e. The number of aliphatic hydroxyl groups is 1. The van der Waals surface area contributed by atoms with Gasteiger partial charge in [-0.15, -0.1) is 0 Å². The molecule has 0 radical (unpaired) electrons. The van der Waals surface area contributed by atoms with Gasteiger partial charge in [0.2, 0.25) is 0 Å². The first-order valence-electron chi connectivity index (χ1n) is 12.5. The molecule has 2 heterocycles. The molecule has 2 aromatic carbocycles. The molecule has 1 fully saturated rings. The quantitative estimate of drug-likeness (QED) is 0.339. The zero-order valence-corrected chi connectivity index (χ0v) is 22.9. The first kappa shape index (κ1) is 28.8. The summed E-state index contributed by atoms with van der Waals surface area (Å²) in [6.45, 7) is 7.08. The van der Waals surface area contributed by atoms with E-state index in [-0.39, 0.29) is 11.0 Å². The zero-order valence-electron chi connectivity index (χ0n) is 22.9. The number of fused-ring (bicyclic) bond motifs is 1. The fourth-order valence-corrected chi connectivity index (χ4v) is 4.51. The normalized spacial score (nSPS) is 16.1. The molecule has 39 heavy (non-hydrogen) atoms. The molecule has 0 spiro atoms. The third-order valence-electron chi connectivity index (χ3n) is 6.85. The highest BCUT2D eigenvalue weighted by molar-refractivity contribution is 5.92. The second-order valence-electron chi connectivity index (χ2n) is 10.6. The summed E-state index contributed by atoms with van der Waals surface area (Å²) in [4.78, 5) is 9.00. The predicted molar refractivity (Wildman–Crippen MR) is 140 cm³/mol. The maximum Gasteiger partial charge on any atom is 0.303 e. The van der Waals surface area contributed by atoms with Crippen molar-refractivity contribution in [3.63, 3.8) is 0 Å². The van der Waals surface area contributed by atoms with Crippen LogP contribution in [0.25, 0.3) is 10.9 Å². The fraction of sp³-hybridized carbons (Fsp3) is 0.500. The first-order chi connectivity index (χ1) is 18.3. The minimum atomic E-state index is -3.81. The van der Waals surface area contributed by atoms with Gasteiger partial charge in [0.1, 0.15) is 29.7 Å². The van der Waals surface area contributed by atoms with Crippen molar-refractivity contribution in [2.24, 2.45) is 5.41 Å². The summed E-state index contributed by atoms with van der Waals surface area (Å²) < 4.78 is 67.4. The van der Waals surface area contributed by atoms with E-state index in [4.69, 9.17) is 18.9 Å². The average Bonchev–Trinajstić information content (AvgIpc) is 2.84. The number of nitrogens with one attached hydrogen (secondary N) is 1. The molecule has 0 unspecified atom stereocenters. The van der Waals surface area contributed by atoms with Crippen LogP contribution in [0, 0.1) is 18.2 Å². The number of aromatic nitrogens is 2. The Balaban J connectivity index is 1.69. The van der Waals surface area contributed by atoms with Gasteiger partial charge in [-0.2, -0.15) is 8.78 Å². The highest BCUT2D eigenvalue weighted by atomic mass is 19.3. The first-order valence-corrected chi connectivity index (χ1v) is 12.5. The second kappa shape index (κ2) is 10.8. The second-order valence-corrected chi connectivity index (χ2v) is 10.6. The molecule has 1 aromatic heterocycles. The van der Waals surface area contributed by atoms with Crippen molar-refractivity contribution < 1.29 is 37.2 Å². The lowest BCUT2D eigenvalue weighted by atomic mass is 9.88. The standard InChI is InChI=1S/C28H34F3N3O5/c1-16(18-8-7-9-20(24(18)29)28(30,31)26(3,4)35)32-25-19-10-23(39-15-27(12-36-5)13-38-14-27)22(37-6)11-21(19)33-17(2)34-25/h7-11,16,35H,12-15H2,1-6H3,(H,32,33,34)/t16-/m1/s1. The third-order valence-corrected chi connectivity index (χ3v) is 6.85. The molecule has 212 valence electrons. The summed E-state index contributed by atoms with van der Waals surface area (Å²) in [6, 6.07) is 6.43.